The van der Waals surface area contributed by atoms with E-state index in [9.17, 15) is 5.11 Å². The molecule has 0 spiro atoms. The molecule has 0 aliphatic heterocycles. The summed E-state index contributed by atoms with van der Waals surface area (Å²) in [5, 5.41) is 18.6. The Labute approximate surface area is 126 Å². The quantitative estimate of drug-likeness (QED) is 0.855. The number of rotatable bonds is 3. The fraction of sp³-hybridized carbons (Fsp3) is 0.125. The lowest BCUT2D eigenvalue weighted by atomic mass is 10.1. The third-order valence-electron chi connectivity index (χ3n) is 2.81. The average Bonchev–Trinajstić information content (AvgIpc) is 2.43. The summed E-state index contributed by atoms with van der Waals surface area (Å²) in [5.41, 5.74) is 3.45. The molecule has 0 bridgehead atoms. The fourth-order valence-electron chi connectivity index (χ4n) is 1.80. The van der Waals surface area contributed by atoms with Gasteiger partial charge in [0.05, 0.1) is 22.7 Å². The number of aliphatic imine (C=N–C) groups is 1. The number of phenolic OH excluding ortho intramolecular Hbond substituents is 1. The lowest BCUT2D eigenvalue weighted by molar-refractivity contribution is 0.471. The summed E-state index contributed by atoms with van der Waals surface area (Å²) in [6, 6.07) is 13.3. The van der Waals surface area contributed by atoms with Crippen LogP contribution in [0.4, 0.5) is 5.69 Å². The molecular formula is C16H13BrN2O. The highest BCUT2D eigenvalue weighted by atomic mass is 79.9. The topological polar surface area (TPSA) is 56.4 Å². The molecule has 0 radical (unpaired) electrons. The first kappa shape index (κ1) is 14.3. The van der Waals surface area contributed by atoms with E-state index in [1.54, 1.807) is 6.21 Å². The molecule has 20 heavy (non-hydrogen) atoms. The number of halogens is 1. The van der Waals surface area contributed by atoms with Crippen molar-refractivity contribution in [2.75, 3.05) is 0 Å². The highest BCUT2D eigenvalue weighted by molar-refractivity contribution is 9.10. The van der Waals surface area contributed by atoms with E-state index < -0.39 is 0 Å². The van der Waals surface area contributed by atoms with Gasteiger partial charge in [0.15, 0.2) is 0 Å². The summed E-state index contributed by atoms with van der Waals surface area (Å²) in [5.74, 6) is 0.181. The predicted octanol–water partition coefficient (Wildman–Crippen LogP) is 4.28. The predicted molar refractivity (Wildman–Crippen MR) is 83.6 cm³/mol. The van der Waals surface area contributed by atoms with Gasteiger partial charge in [-0.05, 0) is 58.2 Å². The van der Waals surface area contributed by atoms with Gasteiger partial charge in [-0.2, -0.15) is 5.26 Å². The Morgan fingerprint density at radius 2 is 2.00 bits per heavy atom. The maximum absolute atomic E-state index is 9.94. The van der Waals surface area contributed by atoms with Gasteiger partial charge in [-0.1, -0.05) is 12.1 Å². The van der Waals surface area contributed by atoms with Crippen molar-refractivity contribution in [1.82, 2.24) is 0 Å². The van der Waals surface area contributed by atoms with Crippen LogP contribution >= 0.6 is 15.9 Å². The molecule has 0 unspecified atom stereocenters. The van der Waals surface area contributed by atoms with Crippen molar-refractivity contribution in [2.24, 2.45) is 4.99 Å². The summed E-state index contributed by atoms with van der Waals surface area (Å²) in [7, 11) is 0. The van der Waals surface area contributed by atoms with Gasteiger partial charge in [0.25, 0.3) is 0 Å². The summed E-state index contributed by atoms with van der Waals surface area (Å²) in [4.78, 5) is 4.33. The normalized spacial score (nSPS) is 10.7. The fourth-order valence-corrected chi connectivity index (χ4v) is 2.39. The Balaban J connectivity index is 2.23. The Kier molecular flexibility index (Phi) is 4.54. The van der Waals surface area contributed by atoms with E-state index in [1.807, 2.05) is 43.3 Å². The number of phenols is 1. The Morgan fingerprint density at radius 3 is 2.65 bits per heavy atom. The molecule has 4 heteroatoms. The van der Waals surface area contributed by atoms with Crippen molar-refractivity contribution in [3.05, 3.63) is 57.6 Å². The van der Waals surface area contributed by atoms with Crippen molar-refractivity contribution in [1.29, 1.82) is 5.26 Å². The first-order valence-corrected chi connectivity index (χ1v) is 6.88. The monoisotopic (exact) mass is 328 g/mol. The Morgan fingerprint density at radius 1 is 1.30 bits per heavy atom. The minimum atomic E-state index is 0.181. The number of aryl methyl sites for hydroxylation is 1. The van der Waals surface area contributed by atoms with Gasteiger partial charge in [0.2, 0.25) is 0 Å². The largest absolute Gasteiger partial charge is 0.506 e. The highest BCUT2D eigenvalue weighted by Gasteiger charge is 2.04. The van der Waals surface area contributed by atoms with Gasteiger partial charge >= 0.3 is 0 Å². The Bertz CT molecular complexity index is 685. The van der Waals surface area contributed by atoms with Gasteiger partial charge < -0.3 is 5.11 Å². The number of nitrogens with zero attached hydrogens (tertiary/aromatic N) is 2. The van der Waals surface area contributed by atoms with Crippen molar-refractivity contribution in [2.45, 2.75) is 13.3 Å². The number of hydrogen-bond donors (Lipinski definition) is 1. The van der Waals surface area contributed by atoms with Crippen LogP contribution in [0, 0.1) is 18.3 Å². The van der Waals surface area contributed by atoms with Crippen LogP contribution in [0.3, 0.4) is 0 Å². The molecule has 0 fully saturated rings. The minimum absolute atomic E-state index is 0.181. The molecule has 0 aliphatic carbocycles. The van der Waals surface area contributed by atoms with E-state index in [0.29, 0.717) is 16.5 Å². The summed E-state index contributed by atoms with van der Waals surface area (Å²) < 4.78 is 0.656. The van der Waals surface area contributed by atoms with Gasteiger partial charge in [-0.3, -0.25) is 4.99 Å². The second kappa shape index (κ2) is 6.36. The van der Waals surface area contributed by atoms with Crippen LogP contribution in [0.2, 0.25) is 0 Å². The van der Waals surface area contributed by atoms with Gasteiger partial charge in [0, 0.05) is 11.8 Å². The van der Waals surface area contributed by atoms with Crippen LogP contribution in [0.15, 0.2) is 45.9 Å². The maximum atomic E-state index is 9.94. The van der Waals surface area contributed by atoms with Crippen LogP contribution in [-0.2, 0) is 6.42 Å². The zero-order chi connectivity index (χ0) is 14.5. The SMILES string of the molecule is Cc1cc(Br)c(O)c(/C=N/c2ccc(CC#N)cc2)c1. The average molecular weight is 329 g/mol. The number of hydrogen-bond acceptors (Lipinski definition) is 3. The van der Waals surface area contributed by atoms with Crippen LogP contribution in [0.1, 0.15) is 16.7 Å². The van der Waals surface area contributed by atoms with Gasteiger partial charge in [-0.25, -0.2) is 0 Å². The van der Waals surface area contributed by atoms with E-state index in [2.05, 4.69) is 27.0 Å². The second-order valence-corrected chi connectivity index (χ2v) is 5.30. The van der Waals surface area contributed by atoms with E-state index in [4.69, 9.17) is 5.26 Å². The third kappa shape index (κ3) is 3.46. The summed E-state index contributed by atoms with van der Waals surface area (Å²) >= 11 is 3.31. The van der Waals surface area contributed by atoms with Crippen molar-refractivity contribution < 1.29 is 5.11 Å². The molecule has 0 saturated carbocycles. The van der Waals surface area contributed by atoms with Gasteiger partial charge in [-0.15, -0.1) is 0 Å². The molecule has 0 aliphatic rings. The molecule has 0 amide bonds. The zero-order valence-electron chi connectivity index (χ0n) is 11.0. The van der Waals surface area contributed by atoms with Crippen LogP contribution in [0.25, 0.3) is 0 Å². The maximum Gasteiger partial charge on any atom is 0.138 e. The molecule has 0 saturated heterocycles. The standard InChI is InChI=1S/C16H13BrN2O/c1-11-8-13(16(20)15(17)9-11)10-19-14-4-2-12(3-5-14)6-7-18/h2-5,8-10,20H,6H2,1H3/b19-10+. The van der Waals surface area contributed by atoms with Gasteiger partial charge in [0.1, 0.15) is 5.75 Å². The zero-order valence-corrected chi connectivity index (χ0v) is 12.6. The van der Waals surface area contributed by atoms with Crippen LogP contribution in [-0.4, -0.2) is 11.3 Å². The third-order valence-corrected chi connectivity index (χ3v) is 3.41. The highest BCUT2D eigenvalue weighted by Crippen LogP contribution is 2.28. The lowest BCUT2D eigenvalue weighted by Gasteiger charge is -2.03. The van der Waals surface area contributed by atoms with E-state index in [0.717, 1.165) is 16.8 Å². The van der Waals surface area contributed by atoms with Crippen molar-refractivity contribution in [3.63, 3.8) is 0 Å². The van der Waals surface area contributed by atoms with Crippen molar-refractivity contribution >= 4 is 27.8 Å². The number of nitriles is 1. The van der Waals surface area contributed by atoms with E-state index in [-0.39, 0.29) is 5.75 Å². The number of benzene rings is 2. The van der Waals surface area contributed by atoms with E-state index in [1.165, 1.54) is 0 Å². The van der Waals surface area contributed by atoms with Crippen molar-refractivity contribution in [3.8, 4) is 11.8 Å². The molecule has 2 aromatic carbocycles. The van der Waals surface area contributed by atoms with E-state index >= 15 is 0 Å². The molecule has 0 aromatic heterocycles. The molecule has 0 atom stereocenters. The summed E-state index contributed by atoms with van der Waals surface area (Å²) in [6.07, 6.45) is 2.03. The smallest absolute Gasteiger partial charge is 0.138 e. The van der Waals surface area contributed by atoms with Crippen LogP contribution in [0.5, 0.6) is 5.75 Å². The molecular weight excluding hydrogens is 316 g/mol. The number of aromatic hydroxyl groups is 1. The molecule has 2 aromatic rings. The molecule has 2 rings (SSSR count). The first-order chi connectivity index (χ1) is 9.60. The summed E-state index contributed by atoms with van der Waals surface area (Å²) in [6.45, 7) is 1.96. The Hall–Kier alpha value is -2.12. The first-order valence-electron chi connectivity index (χ1n) is 6.09. The molecule has 0 heterocycles. The molecule has 3 nitrogen and oxygen atoms in total. The minimum Gasteiger partial charge on any atom is -0.506 e. The lowest BCUT2D eigenvalue weighted by Crippen LogP contribution is -1.86. The second-order valence-electron chi connectivity index (χ2n) is 4.44. The molecule has 1 N–H and O–H groups in total. The molecule has 100 valence electrons. The van der Waals surface area contributed by atoms with Crippen LogP contribution < -0.4 is 0 Å².